The lowest BCUT2D eigenvalue weighted by atomic mass is 10.3. The van der Waals surface area contributed by atoms with Crippen LogP contribution in [0.2, 0.25) is 0 Å². The SMILES string of the molecule is OCCc1nnc(COc2ccccc2F)o1. The van der Waals surface area contributed by atoms with Gasteiger partial charge in [0.15, 0.2) is 18.2 Å². The minimum Gasteiger partial charge on any atom is -0.481 e. The zero-order chi connectivity index (χ0) is 12.1. The van der Waals surface area contributed by atoms with E-state index < -0.39 is 5.82 Å². The van der Waals surface area contributed by atoms with E-state index in [1.807, 2.05) is 0 Å². The molecule has 1 aromatic carbocycles. The average molecular weight is 238 g/mol. The lowest BCUT2D eigenvalue weighted by Crippen LogP contribution is -1.97. The van der Waals surface area contributed by atoms with Crippen LogP contribution >= 0.6 is 0 Å². The van der Waals surface area contributed by atoms with Crippen LogP contribution in [0.15, 0.2) is 28.7 Å². The maximum Gasteiger partial charge on any atom is 0.253 e. The molecule has 5 nitrogen and oxygen atoms in total. The Morgan fingerprint density at radius 1 is 1.24 bits per heavy atom. The highest BCUT2D eigenvalue weighted by Gasteiger charge is 2.07. The molecule has 0 aliphatic heterocycles. The topological polar surface area (TPSA) is 68.4 Å². The van der Waals surface area contributed by atoms with Crippen molar-refractivity contribution in [3.8, 4) is 5.75 Å². The van der Waals surface area contributed by atoms with Crippen LogP contribution in [0.3, 0.4) is 0 Å². The molecule has 1 heterocycles. The number of hydrogen-bond acceptors (Lipinski definition) is 5. The fourth-order valence-corrected chi connectivity index (χ4v) is 1.24. The molecular weight excluding hydrogens is 227 g/mol. The van der Waals surface area contributed by atoms with E-state index in [9.17, 15) is 4.39 Å². The second kappa shape index (κ2) is 5.40. The van der Waals surface area contributed by atoms with Gasteiger partial charge < -0.3 is 14.3 Å². The van der Waals surface area contributed by atoms with Crippen molar-refractivity contribution >= 4 is 0 Å². The highest BCUT2D eigenvalue weighted by Crippen LogP contribution is 2.16. The third-order valence-corrected chi connectivity index (χ3v) is 2.02. The Hall–Kier alpha value is -1.95. The highest BCUT2D eigenvalue weighted by atomic mass is 19.1. The van der Waals surface area contributed by atoms with Gasteiger partial charge in [0.2, 0.25) is 5.89 Å². The van der Waals surface area contributed by atoms with Gasteiger partial charge in [0.1, 0.15) is 0 Å². The first kappa shape index (κ1) is 11.5. The van der Waals surface area contributed by atoms with Crippen LogP contribution in [0, 0.1) is 5.82 Å². The Morgan fingerprint density at radius 3 is 2.76 bits per heavy atom. The van der Waals surface area contributed by atoms with Crippen molar-refractivity contribution < 1.29 is 18.7 Å². The molecule has 0 fully saturated rings. The molecule has 2 rings (SSSR count). The van der Waals surface area contributed by atoms with Crippen LogP contribution in [0.4, 0.5) is 4.39 Å². The summed E-state index contributed by atoms with van der Waals surface area (Å²) in [4.78, 5) is 0. The second-order valence-electron chi connectivity index (χ2n) is 3.28. The molecule has 0 radical (unpaired) electrons. The number of aliphatic hydroxyl groups is 1. The Kier molecular flexibility index (Phi) is 3.66. The fourth-order valence-electron chi connectivity index (χ4n) is 1.24. The number of para-hydroxylation sites is 1. The summed E-state index contributed by atoms with van der Waals surface area (Å²) in [6.45, 7) is -0.0604. The van der Waals surface area contributed by atoms with E-state index in [4.69, 9.17) is 14.3 Å². The molecule has 6 heteroatoms. The summed E-state index contributed by atoms with van der Waals surface area (Å²) >= 11 is 0. The lowest BCUT2D eigenvalue weighted by molar-refractivity contribution is 0.242. The lowest BCUT2D eigenvalue weighted by Gasteiger charge is -2.03. The predicted molar refractivity (Wildman–Crippen MR) is 55.8 cm³/mol. The van der Waals surface area contributed by atoms with Gasteiger partial charge in [-0.1, -0.05) is 12.1 Å². The molecule has 2 aromatic rings. The van der Waals surface area contributed by atoms with Crippen LogP contribution in [-0.2, 0) is 13.0 Å². The number of rotatable bonds is 5. The van der Waals surface area contributed by atoms with E-state index >= 15 is 0 Å². The molecule has 0 saturated heterocycles. The summed E-state index contributed by atoms with van der Waals surface area (Å²) in [5.41, 5.74) is 0. The van der Waals surface area contributed by atoms with Gasteiger partial charge in [-0.25, -0.2) is 4.39 Å². The van der Waals surface area contributed by atoms with E-state index in [1.54, 1.807) is 12.1 Å². The third kappa shape index (κ3) is 3.01. The van der Waals surface area contributed by atoms with Crippen molar-refractivity contribution in [2.75, 3.05) is 6.61 Å². The number of aliphatic hydroxyl groups excluding tert-OH is 1. The Morgan fingerprint density at radius 2 is 2.00 bits per heavy atom. The molecule has 1 aromatic heterocycles. The largest absolute Gasteiger partial charge is 0.481 e. The van der Waals surface area contributed by atoms with Gasteiger partial charge in [-0.3, -0.25) is 0 Å². The van der Waals surface area contributed by atoms with E-state index in [0.717, 1.165) is 0 Å². The monoisotopic (exact) mass is 238 g/mol. The van der Waals surface area contributed by atoms with E-state index in [1.165, 1.54) is 12.1 Å². The maximum absolute atomic E-state index is 13.2. The van der Waals surface area contributed by atoms with Gasteiger partial charge in [-0.15, -0.1) is 10.2 Å². The Balaban J connectivity index is 1.95. The first-order valence-electron chi connectivity index (χ1n) is 5.09. The molecule has 0 saturated carbocycles. The molecule has 90 valence electrons. The van der Waals surface area contributed by atoms with E-state index in [0.29, 0.717) is 12.3 Å². The van der Waals surface area contributed by atoms with Crippen LogP contribution in [0.25, 0.3) is 0 Å². The van der Waals surface area contributed by atoms with Crippen molar-refractivity contribution in [3.05, 3.63) is 41.9 Å². The molecule has 0 spiro atoms. The summed E-state index contributed by atoms with van der Waals surface area (Å²) < 4.78 is 23.5. The molecule has 17 heavy (non-hydrogen) atoms. The first-order valence-corrected chi connectivity index (χ1v) is 5.09. The number of nitrogens with zero attached hydrogens (tertiary/aromatic N) is 2. The van der Waals surface area contributed by atoms with Gasteiger partial charge in [-0.05, 0) is 12.1 Å². The minimum absolute atomic E-state index is 0.000633. The van der Waals surface area contributed by atoms with E-state index in [-0.39, 0.29) is 24.9 Å². The smallest absolute Gasteiger partial charge is 0.253 e. The number of aromatic nitrogens is 2. The van der Waals surface area contributed by atoms with Gasteiger partial charge in [0.05, 0.1) is 6.61 Å². The maximum atomic E-state index is 13.2. The quantitative estimate of drug-likeness (QED) is 0.850. The van der Waals surface area contributed by atoms with Gasteiger partial charge >= 0.3 is 0 Å². The summed E-state index contributed by atoms with van der Waals surface area (Å²) in [6, 6.07) is 6.07. The zero-order valence-electron chi connectivity index (χ0n) is 8.97. The Bertz CT molecular complexity index is 487. The summed E-state index contributed by atoms with van der Waals surface area (Å²) in [5, 5.41) is 16.1. The summed E-state index contributed by atoms with van der Waals surface area (Å²) in [7, 11) is 0. The van der Waals surface area contributed by atoms with Crippen LogP contribution < -0.4 is 4.74 Å². The minimum atomic E-state index is -0.442. The molecule has 0 unspecified atom stereocenters. The third-order valence-electron chi connectivity index (χ3n) is 2.02. The summed E-state index contributed by atoms with van der Waals surface area (Å²) in [5.74, 6) is 0.272. The number of ether oxygens (including phenoxy) is 1. The molecule has 0 atom stereocenters. The molecular formula is C11H11FN2O3. The predicted octanol–water partition coefficient (Wildman–Crippen LogP) is 1.32. The zero-order valence-corrected chi connectivity index (χ0v) is 8.97. The molecule has 0 bridgehead atoms. The molecule has 0 aliphatic carbocycles. The molecule has 0 aliphatic rings. The van der Waals surface area contributed by atoms with Crippen molar-refractivity contribution in [1.82, 2.24) is 10.2 Å². The molecule has 0 amide bonds. The normalized spacial score (nSPS) is 10.5. The van der Waals surface area contributed by atoms with Crippen molar-refractivity contribution in [1.29, 1.82) is 0 Å². The number of hydrogen-bond donors (Lipinski definition) is 1. The first-order chi connectivity index (χ1) is 8.29. The van der Waals surface area contributed by atoms with Crippen LogP contribution in [0.5, 0.6) is 5.75 Å². The summed E-state index contributed by atoms with van der Waals surface area (Å²) in [6.07, 6.45) is 0.298. The fraction of sp³-hybridized carbons (Fsp3) is 0.273. The van der Waals surface area contributed by atoms with Crippen LogP contribution in [-0.4, -0.2) is 21.9 Å². The highest BCUT2D eigenvalue weighted by molar-refractivity contribution is 5.23. The average Bonchev–Trinajstić information content (AvgIpc) is 2.76. The number of halogens is 1. The van der Waals surface area contributed by atoms with E-state index in [2.05, 4.69) is 10.2 Å². The van der Waals surface area contributed by atoms with Crippen LogP contribution in [0.1, 0.15) is 11.8 Å². The second-order valence-corrected chi connectivity index (χ2v) is 3.28. The molecule has 1 N–H and O–H groups in total. The van der Waals surface area contributed by atoms with Crippen molar-refractivity contribution in [2.45, 2.75) is 13.0 Å². The van der Waals surface area contributed by atoms with Gasteiger partial charge in [-0.2, -0.15) is 0 Å². The Labute approximate surface area is 96.9 Å². The number of benzene rings is 1. The van der Waals surface area contributed by atoms with Crippen molar-refractivity contribution in [2.24, 2.45) is 0 Å². The van der Waals surface area contributed by atoms with Gasteiger partial charge in [0.25, 0.3) is 5.89 Å². The van der Waals surface area contributed by atoms with Gasteiger partial charge in [0, 0.05) is 6.42 Å². The standard InChI is InChI=1S/C11H11FN2O3/c12-8-3-1-2-4-9(8)16-7-11-14-13-10(17-11)5-6-15/h1-4,15H,5-7H2. The van der Waals surface area contributed by atoms with Crippen molar-refractivity contribution in [3.63, 3.8) is 0 Å².